The second kappa shape index (κ2) is 8.30. The van der Waals surface area contributed by atoms with E-state index in [0.29, 0.717) is 19.7 Å². The van der Waals surface area contributed by atoms with Crippen molar-refractivity contribution in [3.05, 3.63) is 22.4 Å². The molecule has 0 bridgehead atoms. The Morgan fingerprint density at radius 3 is 2.89 bits per heavy atom. The van der Waals surface area contributed by atoms with Gasteiger partial charge in [-0.1, -0.05) is 19.9 Å². The van der Waals surface area contributed by atoms with Gasteiger partial charge in [-0.3, -0.25) is 4.79 Å². The normalized spacial score (nSPS) is 11.5. The molecule has 0 aromatic carbocycles. The zero-order valence-electron chi connectivity index (χ0n) is 12.0. The van der Waals surface area contributed by atoms with Crippen LogP contribution >= 0.6 is 11.3 Å². The smallest absolute Gasteiger partial charge is 0.233 e. The van der Waals surface area contributed by atoms with E-state index in [1.54, 1.807) is 18.4 Å². The maximum Gasteiger partial charge on any atom is 0.233 e. The highest BCUT2D eigenvalue weighted by atomic mass is 32.1. The van der Waals surface area contributed by atoms with Crippen LogP contribution in [0, 0.1) is 0 Å². The van der Waals surface area contributed by atoms with Gasteiger partial charge >= 0.3 is 0 Å². The highest BCUT2D eigenvalue weighted by Crippen LogP contribution is 2.26. The fourth-order valence-corrected chi connectivity index (χ4v) is 2.60. The van der Waals surface area contributed by atoms with Gasteiger partial charge in [0.25, 0.3) is 0 Å². The van der Waals surface area contributed by atoms with E-state index in [4.69, 9.17) is 4.74 Å². The Balaban J connectivity index is 2.17. The van der Waals surface area contributed by atoms with Crippen LogP contribution in [0.25, 0.3) is 0 Å². The van der Waals surface area contributed by atoms with Crippen molar-refractivity contribution in [3.8, 4) is 0 Å². The van der Waals surface area contributed by atoms with Crippen LogP contribution in [0.4, 0.5) is 0 Å². The van der Waals surface area contributed by atoms with Crippen molar-refractivity contribution in [2.24, 2.45) is 0 Å². The summed E-state index contributed by atoms with van der Waals surface area (Å²) < 4.78 is 4.93. The van der Waals surface area contributed by atoms with Crippen LogP contribution in [-0.4, -0.2) is 39.3 Å². The number of methoxy groups -OCH3 is 1. The topological polar surface area (TPSA) is 50.4 Å². The van der Waals surface area contributed by atoms with E-state index in [2.05, 4.69) is 42.0 Å². The summed E-state index contributed by atoms with van der Waals surface area (Å²) in [5.41, 5.74) is 0.0600. The van der Waals surface area contributed by atoms with Gasteiger partial charge < -0.3 is 15.4 Å². The first-order chi connectivity index (χ1) is 9.06. The number of nitrogens with one attached hydrogen (secondary N) is 2. The van der Waals surface area contributed by atoms with Crippen molar-refractivity contribution in [1.82, 2.24) is 10.6 Å². The first-order valence-corrected chi connectivity index (χ1v) is 7.44. The summed E-state index contributed by atoms with van der Waals surface area (Å²) in [5.74, 6) is 0.0399. The lowest BCUT2D eigenvalue weighted by atomic mass is 9.91. The van der Waals surface area contributed by atoms with E-state index >= 15 is 0 Å². The summed E-state index contributed by atoms with van der Waals surface area (Å²) in [6, 6.07) is 4.20. The standard InChI is InChI=1S/C14H24N2O2S/c1-14(2,12-6-4-9-19-12)11-15-10-13(17)16-7-5-8-18-3/h4,6,9,15H,5,7-8,10-11H2,1-3H3,(H,16,17). The molecule has 1 amide bonds. The number of carbonyl (C=O) groups excluding carboxylic acids is 1. The molecule has 108 valence electrons. The van der Waals surface area contributed by atoms with E-state index < -0.39 is 0 Å². The second-order valence-corrected chi connectivity index (χ2v) is 6.11. The Morgan fingerprint density at radius 1 is 1.47 bits per heavy atom. The van der Waals surface area contributed by atoms with Gasteiger partial charge in [-0.05, 0) is 17.9 Å². The molecule has 0 unspecified atom stereocenters. The van der Waals surface area contributed by atoms with E-state index in [9.17, 15) is 4.79 Å². The van der Waals surface area contributed by atoms with Gasteiger partial charge in [0.15, 0.2) is 0 Å². The molecule has 0 spiro atoms. The Kier molecular flexibility index (Phi) is 7.05. The van der Waals surface area contributed by atoms with Gasteiger partial charge in [0, 0.05) is 37.1 Å². The molecule has 4 nitrogen and oxygen atoms in total. The first-order valence-electron chi connectivity index (χ1n) is 6.56. The molecular formula is C14H24N2O2S. The van der Waals surface area contributed by atoms with Gasteiger partial charge in [0.1, 0.15) is 0 Å². The van der Waals surface area contributed by atoms with Crippen LogP contribution < -0.4 is 10.6 Å². The lowest BCUT2D eigenvalue weighted by Gasteiger charge is -2.23. The average Bonchev–Trinajstić information content (AvgIpc) is 2.89. The highest BCUT2D eigenvalue weighted by Gasteiger charge is 2.21. The van der Waals surface area contributed by atoms with Crippen LogP contribution in [0.15, 0.2) is 17.5 Å². The maximum atomic E-state index is 11.6. The van der Waals surface area contributed by atoms with Crippen molar-refractivity contribution in [2.75, 3.05) is 33.4 Å². The molecule has 0 saturated carbocycles. The third-order valence-electron chi connectivity index (χ3n) is 2.89. The summed E-state index contributed by atoms with van der Waals surface area (Å²) in [6.45, 7) is 6.87. The predicted octanol–water partition coefficient (Wildman–Crippen LogP) is 1.77. The van der Waals surface area contributed by atoms with Crippen molar-refractivity contribution in [1.29, 1.82) is 0 Å². The van der Waals surface area contributed by atoms with E-state index in [1.807, 2.05) is 0 Å². The molecule has 5 heteroatoms. The lowest BCUT2D eigenvalue weighted by molar-refractivity contribution is -0.120. The molecule has 0 aliphatic rings. The van der Waals surface area contributed by atoms with Crippen molar-refractivity contribution >= 4 is 17.2 Å². The second-order valence-electron chi connectivity index (χ2n) is 5.16. The summed E-state index contributed by atoms with van der Waals surface area (Å²) in [4.78, 5) is 12.9. The lowest BCUT2D eigenvalue weighted by Crippen LogP contribution is -2.39. The van der Waals surface area contributed by atoms with Crippen molar-refractivity contribution in [2.45, 2.75) is 25.7 Å². The molecule has 1 rings (SSSR count). The molecule has 0 aliphatic heterocycles. The Labute approximate surface area is 119 Å². The van der Waals surface area contributed by atoms with E-state index in [1.165, 1.54) is 4.88 Å². The molecule has 19 heavy (non-hydrogen) atoms. The number of amides is 1. The third-order valence-corrected chi connectivity index (χ3v) is 4.12. The summed E-state index contributed by atoms with van der Waals surface area (Å²) in [7, 11) is 1.66. The van der Waals surface area contributed by atoms with Gasteiger partial charge in [-0.2, -0.15) is 0 Å². The monoisotopic (exact) mass is 284 g/mol. The molecule has 0 radical (unpaired) electrons. The van der Waals surface area contributed by atoms with Gasteiger partial charge in [-0.25, -0.2) is 0 Å². The van der Waals surface area contributed by atoms with Gasteiger partial charge in [-0.15, -0.1) is 11.3 Å². The minimum Gasteiger partial charge on any atom is -0.385 e. The summed E-state index contributed by atoms with van der Waals surface area (Å²) in [5, 5.41) is 8.16. The number of hydrogen-bond acceptors (Lipinski definition) is 4. The maximum absolute atomic E-state index is 11.6. The fourth-order valence-electron chi connectivity index (χ4n) is 1.75. The SMILES string of the molecule is COCCCNC(=O)CNCC(C)(C)c1cccs1. The molecule has 0 aliphatic carbocycles. The number of thiophene rings is 1. The largest absolute Gasteiger partial charge is 0.385 e. The highest BCUT2D eigenvalue weighted by molar-refractivity contribution is 7.10. The quantitative estimate of drug-likeness (QED) is 0.680. The van der Waals surface area contributed by atoms with E-state index in [-0.39, 0.29) is 11.3 Å². The van der Waals surface area contributed by atoms with Gasteiger partial charge in [0.05, 0.1) is 6.54 Å². The Morgan fingerprint density at radius 2 is 2.26 bits per heavy atom. The number of rotatable bonds is 9. The minimum atomic E-state index is 0.0399. The predicted molar refractivity (Wildman–Crippen MR) is 79.7 cm³/mol. The molecular weight excluding hydrogens is 260 g/mol. The van der Waals surface area contributed by atoms with Crippen LogP contribution in [0.2, 0.25) is 0 Å². The first kappa shape index (κ1) is 16.1. The zero-order valence-corrected chi connectivity index (χ0v) is 12.8. The minimum absolute atomic E-state index is 0.0399. The Hall–Kier alpha value is -0.910. The van der Waals surface area contributed by atoms with Crippen molar-refractivity contribution in [3.63, 3.8) is 0 Å². The molecule has 0 fully saturated rings. The van der Waals surface area contributed by atoms with Crippen LogP contribution in [0.5, 0.6) is 0 Å². The third kappa shape index (κ3) is 6.18. The molecule has 0 saturated heterocycles. The molecule has 1 aromatic heterocycles. The molecule has 2 N–H and O–H groups in total. The number of hydrogen-bond donors (Lipinski definition) is 2. The van der Waals surface area contributed by atoms with Gasteiger partial charge in [0.2, 0.25) is 5.91 Å². The molecule has 1 heterocycles. The zero-order chi connectivity index (χ0) is 14.1. The average molecular weight is 284 g/mol. The van der Waals surface area contributed by atoms with Crippen LogP contribution in [0.3, 0.4) is 0 Å². The summed E-state index contributed by atoms with van der Waals surface area (Å²) in [6.07, 6.45) is 0.850. The molecule has 1 aromatic rings. The van der Waals surface area contributed by atoms with Crippen LogP contribution in [0.1, 0.15) is 25.1 Å². The van der Waals surface area contributed by atoms with Crippen LogP contribution in [-0.2, 0) is 14.9 Å². The van der Waals surface area contributed by atoms with Crippen molar-refractivity contribution < 1.29 is 9.53 Å². The number of carbonyl (C=O) groups is 1. The van der Waals surface area contributed by atoms with E-state index in [0.717, 1.165) is 13.0 Å². The molecule has 0 atom stereocenters. The summed E-state index contributed by atoms with van der Waals surface area (Å²) >= 11 is 1.75. The number of ether oxygens (including phenoxy) is 1. The fraction of sp³-hybridized carbons (Fsp3) is 0.643. The Bertz CT molecular complexity index is 364.